The quantitative estimate of drug-likeness (QED) is 0.655. The van der Waals surface area contributed by atoms with Gasteiger partial charge in [0.1, 0.15) is 5.69 Å². The number of nitrogens with zero attached hydrogens (tertiary/aromatic N) is 4. The van der Waals surface area contributed by atoms with Crippen LogP contribution in [0.25, 0.3) is 0 Å². The molecule has 1 N–H and O–H groups in total. The van der Waals surface area contributed by atoms with Gasteiger partial charge in [0, 0.05) is 12.6 Å². The molecule has 2 amide bonds. The minimum absolute atomic E-state index is 0.127. The largest absolute Gasteiger partial charge is 0.322 e. The summed E-state index contributed by atoms with van der Waals surface area (Å²) in [5.41, 5.74) is 3.22. The molecule has 0 saturated heterocycles. The van der Waals surface area contributed by atoms with Crippen molar-refractivity contribution in [1.29, 1.82) is 0 Å². The first-order valence-electron chi connectivity index (χ1n) is 6.79. The van der Waals surface area contributed by atoms with Crippen molar-refractivity contribution in [3.8, 4) is 0 Å². The summed E-state index contributed by atoms with van der Waals surface area (Å²) >= 11 is 0. The number of hydrogen-bond donors (Lipinski definition) is 1. The number of hydrazine groups is 1. The molecule has 0 atom stereocenters. The number of nitro groups is 1. The van der Waals surface area contributed by atoms with Gasteiger partial charge >= 0.3 is 5.69 Å². The molecule has 3 rings (SSSR count). The van der Waals surface area contributed by atoms with Gasteiger partial charge in [0.05, 0.1) is 11.5 Å². The number of aryl methyl sites for hydroxylation is 2. The second kappa shape index (κ2) is 5.20. The Morgan fingerprint density at radius 1 is 1.39 bits per heavy atom. The van der Waals surface area contributed by atoms with E-state index in [4.69, 9.17) is 0 Å². The van der Waals surface area contributed by atoms with E-state index in [0.717, 1.165) is 9.69 Å². The normalized spacial score (nSPS) is 13.5. The molecule has 1 aromatic heterocycles. The van der Waals surface area contributed by atoms with Gasteiger partial charge in [-0.1, -0.05) is 18.2 Å². The maximum absolute atomic E-state index is 12.7. The fourth-order valence-corrected chi connectivity index (χ4v) is 2.63. The lowest BCUT2D eigenvalue weighted by Gasteiger charge is -2.28. The van der Waals surface area contributed by atoms with E-state index in [-0.39, 0.29) is 23.6 Å². The summed E-state index contributed by atoms with van der Waals surface area (Å²) in [6.45, 7) is 1.58. The SMILES string of the molecule is Cc1nn(C)c(C(=O)N2Cc3ccccc3C(=O)N2)c1[N+](=O)[O-]. The Bertz CT molecular complexity index is 842. The van der Waals surface area contributed by atoms with Crippen LogP contribution in [0.4, 0.5) is 5.69 Å². The second-order valence-corrected chi connectivity index (χ2v) is 5.15. The minimum atomic E-state index is -0.678. The highest BCUT2D eigenvalue weighted by molar-refractivity contribution is 6.02. The Kier molecular flexibility index (Phi) is 3.32. The molecular formula is C14H13N5O4. The third-order valence-corrected chi connectivity index (χ3v) is 3.65. The zero-order valence-electron chi connectivity index (χ0n) is 12.4. The summed E-state index contributed by atoms with van der Waals surface area (Å²) in [6, 6.07) is 6.88. The number of rotatable bonds is 2. The van der Waals surface area contributed by atoms with E-state index in [0.29, 0.717) is 11.1 Å². The molecule has 0 unspecified atom stereocenters. The average molecular weight is 315 g/mol. The molecular weight excluding hydrogens is 302 g/mol. The van der Waals surface area contributed by atoms with Crippen molar-refractivity contribution < 1.29 is 14.5 Å². The molecule has 0 fully saturated rings. The van der Waals surface area contributed by atoms with Crippen LogP contribution in [0.1, 0.15) is 32.1 Å². The number of benzene rings is 1. The van der Waals surface area contributed by atoms with E-state index in [1.807, 2.05) is 0 Å². The Hall–Kier alpha value is -3.23. The molecule has 0 bridgehead atoms. The fraction of sp³-hybridized carbons (Fsp3) is 0.214. The van der Waals surface area contributed by atoms with Crippen molar-refractivity contribution in [3.05, 3.63) is 56.9 Å². The van der Waals surface area contributed by atoms with Gasteiger partial charge in [0.2, 0.25) is 5.69 Å². The molecule has 1 aliphatic heterocycles. The van der Waals surface area contributed by atoms with E-state index < -0.39 is 16.7 Å². The van der Waals surface area contributed by atoms with Crippen molar-refractivity contribution in [2.75, 3.05) is 0 Å². The summed E-state index contributed by atoms with van der Waals surface area (Å²) in [6.07, 6.45) is 0. The van der Waals surface area contributed by atoms with Crippen molar-refractivity contribution in [1.82, 2.24) is 20.2 Å². The van der Waals surface area contributed by atoms with Gasteiger partial charge in [-0.25, -0.2) is 5.01 Å². The molecule has 0 aliphatic carbocycles. The van der Waals surface area contributed by atoms with Gasteiger partial charge in [-0.05, 0) is 18.6 Å². The van der Waals surface area contributed by atoms with Crippen LogP contribution in [0.5, 0.6) is 0 Å². The van der Waals surface area contributed by atoms with Crippen LogP contribution in [0, 0.1) is 17.0 Å². The van der Waals surface area contributed by atoms with Crippen LogP contribution in [0.2, 0.25) is 0 Å². The Labute approximate surface area is 130 Å². The van der Waals surface area contributed by atoms with Crippen LogP contribution < -0.4 is 5.43 Å². The monoisotopic (exact) mass is 315 g/mol. The van der Waals surface area contributed by atoms with Gasteiger partial charge in [0.15, 0.2) is 0 Å². The third kappa shape index (κ3) is 2.31. The Morgan fingerprint density at radius 3 is 2.78 bits per heavy atom. The van der Waals surface area contributed by atoms with Crippen molar-refractivity contribution in [2.45, 2.75) is 13.5 Å². The van der Waals surface area contributed by atoms with Gasteiger partial charge in [-0.3, -0.25) is 29.8 Å². The third-order valence-electron chi connectivity index (χ3n) is 3.65. The average Bonchev–Trinajstić information content (AvgIpc) is 2.81. The van der Waals surface area contributed by atoms with Crippen molar-refractivity contribution in [2.24, 2.45) is 7.05 Å². The summed E-state index contributed by atoms with van der Waals surface area (Å²) in [4.78, 5) is 35.3. The highest BCUT2D eigenvalue weighted by atomic mass is 16.6. The first-order valence-corrected chi connectivity index (χ1v) is 6.79. The number of carbonyl (C=O) groups excluding carboxylic acids is 2. The number of fused-ring (bicyclic) bond motifs is 1. The molecule has 118 valence electrons. The maximum Gasteiger partial charge on any atom is 0.322 e. The molecule has 9 heteroatoms. The molecule has 1 aromatic carbocycles. The zero-order chi connectivity index (χ0) is 16.7. The van der Waals surface area contributed by atoms with E-state index >= 15 is 0 Å². The highest BCUT2D eigenvalue weighted by Gasteiger charge is 2.35. The van der Waals surface area contributed by atoms with E-state index in [2.05, 4.69) is 10.5 Å². The molecule has 1 aliphatic rings. The lowest BCUT2D eigenvalue weighted by atomic mass is 10.1. The molecule has 2 heterocycles. The Balaban J connectivity index is 2.00. The predicted molar refractivity (Wildman–Crippen MR) is 78.4 cm³/mol. The van der Waals surface area contributed by atoms with Gasteiger partial charge in [-0.2, -0.15) is 5.10 Å². The lowest BCUT2D eigenvalue weighted by Crippen LogP contribution is -2.49. The standard InChI is InChI=1S/C14H13N5O4/c1-8-11(19(22)23)12(17(2)15-8)14(21)18-7-9-5-3-4-6-10(9)13(20)16-18/h3-6H,7H2,1-2H3,(H,16,20). The topological polar surface area (TPSA) is 110 Å². The van der Waals surface area contributed by atoms with E-state index in [9.17, 15) is 19.7 Å². The first kappa shape index (κ1) is 14.7. The van der Waals surface area contributed by atoms with Crippen LogP contribution in [-0.2, 0) is 13.6 Å². The predicted octanol–water partition coefficient (Wildman–Crippen LogP) is 0.938. The molecule has 2 aromatic rings. The molecule has 0 radical (unpaired) electrons. The Morgan fingerprint density at radius 2 is 2.09 bits per heavy atom. The number of amides is 2. The van der Waals surface area contributed by atoms with Crippen LogP contribution >= 0.6 is 0 Å². The van der Waals surface area contributed by atoms with Crippen LogP contribution in [-0.4, -0.2) is 31.5 Å². The van der Waals surface area contributed by atoms with Crippen LogP contribution in [0.3, 0.4) is 0 Å². The van der Waals surface area contributed by atoms with Gasteiger partial charge < -0.3 is 0 Å². The van der Waals surface area contributed by atoms with Gasteiger partial charge in [-0.15, -0.1) is 0 Å². The van der Waals surface area contributed by atoms with Crippen molar-refractivity contribution >= 4 is 17.5 Å². The highest BCUT2D eigenvalue weighted by Crippen LogP contribution is 2.25. The summed E-state index contributed by atoms with van der Waals surface area (Å²) < 4.78 is 1.16. The summed E-state index contributed by atoms with van der Waals surface area (Å²) in [5, 5.41) is 16.2. The van der Waals surface area contributed by atoms with Crippen LogP contribution in [0.15, 0.2) is 24.3 Å². The molecule has 0 saturated carbocycles. The van der Waals surface area contributed by atoms with E-state index in [1.54, 1.807) is 24.3 Å². The molecule has 9 nitrogen and oxygen atoms in total. The fourth-order valence-electron chi connectivity index (χ4n) is 2.63. The number of carbonyl (C=O) groups is 2. The zero-order valence-corrected chi connectivity index (χ0v) is 12.4. The molecule has 23 heavy (non-hydrogen) atoms. The second-order valence-electron chi connectivity index (χ2n) is 5.15. The van der Waals surface area contributed by atoms with E-state index in [1.165, 1.54) is 14.0 Å². The first-order chi connectivity index (χ1) is 10.9. The smallest absolute Gasteiger partial charge is 0.267 e. The van der Waals surface area contributed by atoms with Crippen molar-refractivity contribution in [3.63, 3.8) is 0 Å². The van der Waals surface area contributed by atoms with Gasteiger partial charge in [0.25, 0.3) is 11.8 Å². The number of aromatic nitrogens is 2. The minimum Gasteiger partial charge on any atom is -0.267 e. The number of nitrogens with one attached hydrogen (secondary N) is 1. The summed E-state index contributed by atoms with van der Waals surface area (Å²) in [7, 11) is 1.45. The molecule has 0 spiro atoms. The summed E-state index contributed by atoms with van der Waals surface area (Å²) in [5.74, 6) is -1.11. The lowest BCUT2D eigenvalue weighted by molar-refractivity contribution is -0.385. The number of hydrogen-bond acceptors (Lipinski definition) is 5. The maximum atomic E-state index is 12.7.